The summed E-state index contributed by atoms with van der Waals surface area (Å²) < 4.78 is 2.03. The fourth-order valence-electron chi connectivity index (χ4n) is 2.52. The lowest BCUT2D eigenvalue weighted by atomic mass is 10.00. The molecule has 1 heterocycles. The minimum atomic E-state index is 0.330. The molecule has 0 saturated carbocycles. The quantitative estimate of drug-likeness (QED) is 0.835. The first-order valence-electron chi connectivity index (χ1n) is 8.00. The Bertz CT molecular complexity index is 540. The third-order valence-electron chi connectivity index (χ3n) is 3.85. The van der Waals surface area contributed by atoms with Crippen molar-refractivity contribution >= 4 is 0 Å². The van der Waals surface area contributed by atoms with Crippen LogP contribution in [0.1, 0.15) is 56.6 Å². The maximum atomic E-state index is 4.67. The van der Waals surface area contributed by atoms with Gasteiger partial charge >= 0.3 is 0 Å². The van der Waals surface area contributed by atoms with E-state index in [2.05, 4.69) is 74.6 Å². The van der Waals surface area contributed by atoms with Gasteiger partial charge in [0, 0.05) is 24.7 Å². The highest BCUT2D eigenvalue weighted by atomic mass is 15.3. The van der Waals surface area contributed by atoms with Gasteiger partial charge in [-0.15, -0.1) is 0 Å². The van der Waals surface area contributed by atoms with E-state index in [0.29, 0.717) is 12.1 Å². The molecule has 3 heteroatoms. The largest absolute Gasteiger partial charge is 0.310 e. The van der Waals surface area contributed by atoms with E-state index in [9.17, 15) is 0 Å². The van der Waals surface area contributed by atoms with Gasteiger partial charge in [0.1, 0.15) is 0 Å². The number of hydrogen-bond donors (Lipinski definition) is 1. The smallest absolute Gasteiger partial charge is 0.0643 e. The molecule has 0 aliphatic rings. The van der Waals surface area contributed by atoms with Crippen molar-refractivity contribution in [2.24, 2.45) is 0 Å². The van der Waals surface area contributed by atoms with Gasteiger partial charge in [-0.1, -0.05) is 38.1 Å². The highest BCUT2D eigenvalue weighted by Gasteiger charge is 2.13. The van der Waals surface area contributed by atoms with E-state index >= 15 is 0 Å². The molecule has 1 aromatic heterocycles. The van der Waals surface area contributed by atoms with Crippen molar-refractivity contribution in [1.29, 1.82) is 0 Å². The fraction of sp³-hybridized carbons (Fsp3) is 0.500. The van der Waals surface area contributed by atoms with Gasteiger partial charge in [0.2, 0.25) is 0 Å². The molecule has 2 aromatic rings. The molecule has 1 N–H and O–H groups in total. The Labute approximate surface area is 128 Å². The van der Waals surface area contributed by atoms with Gasteiger partial charge in [0.05, 0.1) is 5.69 Å². The van der Waals surface area contributed by atoms with Gasteiger partial charge in [-0.05, 0) is 44.0 Å². The van der Waals surface area contributed by atoms with E-state index in [-0.39, 0.29) is 0 Å². The Balaban J connectivity index is 2.13. The molecule has 0 fully saturated rings. The molecule has 1 unspecified atom stereocenters. The predicted molar refractivity (Wildman–Crippen MR) is 88.6 cm³/mol. The number of aromatic nitrogens is 2. The van der Waals surface area contributed by atoms with Crippen LogP contribution in [0.25, 0.3) is 0 Å². The summed E-state index contributed by atoms with van der Waals surface area (Å²) in [5, 5.41) is 8.24. The van der Waals surface area contributed by atoms with Crippen LogP contribution in [-0.4, -0.2) is 16.3 Å². The third-order valence-corrected chi connectivity index (χ3v) is 3.85. The van der Waals surface area contributed by atoms with Crippen LogP contribution in [0.3, 0.4) is 0 Å². The molecule has 1 aromatic carbocycles. The van der Waals surface area contributed by atoms with Crippen molar-refractivity contribution in [3.05, 3.63) is 53.3 Å². The summed E-state index contributed by atoms with van der Waals surface area (Å²) in [4.78, 5) is 0. The van der Waals surface area contributed by atoms with Crippen LogP contribution in [0.5, 0.6) is 0 Å². The van der Waals surface area contributed by atoms with E-state index in [1.807, 2.05) is 4.68 Å². The molecule has 0 amide bonds. The van der Waals surface area contributed by atoms with Crippen molar-refractivity contribution in [2.45, 2.75) is 52.6 Å². The molecule has 0 aliphatic heterocycles. The number of likely N-dealkylation sites (N-methyl/N-ethyl adjacent to an activating group) is 1. The lowest BCUT2D eigenvalue weighted by molar-refractivity contribution is 0.506. The van der Waals surface area contributed by atoms with Crippen molar-refractivity contribution in [2.75, 3.05) is 6.54 Å². The minimum absolute atomic E-state index is 0.330. The normalized spacial score (nSPS) is 12.8. The van der Waals surface area contributed by atoms with E-state index < -0.39 is 0 Å². The molecule has 3 nitrogen and oxygen atoms in total. The third kappa shape index (κ3) is 4.18. The number of hydrogen-bond acceptors (Lipinski definition) is 2. The highest BCUT2D eigenvalue weighted by molar-refractivity contribution is 5.26. The number of nitrogens with one attached hydrogen (secondary N) is 1. The number of aryl methyl sites for hydroxylation is 1. The summed E-state index contributed by atoms with van der Waals surface area (Å²) >= 11 is 0. The standard InChI is InChI=1S/C18H27N3/c1-5-15-7-9-16(10-8-15)18(19-6-2)13-17-11-12-21(20-17)14(3)4/h7-12,14,18-19H,5-6,13H2,1-4H3. The molecule has 0 aliphatic carbocycles. The van der Waals surface area contributed by atoms with Crippen molar-refractivity contribution in [1.82, 2.24) is 15.1 Å². The second-order valence-electron chi connectivity index (χ2n) is 5.79. The number of rotatable bonds is 7. The Morgan fingerprint density at radius 1 is 1.10 bits per heavy atom. The molecule has 1 atom stereocenters. The zero-order valence-corrected chi connectivity index (χ0v) is 13.6. The number of nitrogens with zero attached hydrogens (tertiary/aromatic N) is 2. The van der Waals surface area contributed by atoms with Crippen molar-refractivity contribution in [3.63, 3.8) is 0 Å². The topological polar surface area (TPSA) is 29.9 Å². The summed E-state index contributed by atoms with van der Waals surface area (Å²) in [7, 11) is 0. The van der Waals surface area contributed by atoms with Crippen LogP contribution in [0.2, 0.25) is 0 Å². The maximum absolute atomic E-state index is 4.67. The Morgan fingerprint density at radius 3 is 2.33 bits per heavy atom. The van der Waals surface area contributed by atoms with Gasteiger partial charge in [-0.2, -0.15) is 5.10 Å². The molecule has 114 valence electrons. The first-order valence-corrected chi connectivity index (χ1v) is 8.00. The molecular formula is C18H27N3. The zero-order chi connectivity index (χ0) is 15.2. The van der Waals surface area contributed by atoms with E-state index in [0.717, 1.165) is 25.1 Å². The van der Waals surface area contributed by atoms with E-state index in [1.54, 1.807) is 0 Å². The van der Waals surface area contributed by atoms with Crippen LogP contribution in [0.15, 0.2) is 36.5 Å². The summed E-state index contributed by atoms with van der Waals surface area (Å²) in [6, 6.07) is 11.8. The average molecular weight is 285 g/mol. The van der Waals surface area contributed by atoms with E-state index in [1.165, 1.54) is 11.1 Å². The fourth-order valence-corrected chi connectivity index (χ4v) is 2.52. The van der Waals surface area contributed by atoms with Crippen LogP contribution in [0.4, 0.5) is 0 Å². The van der Waals surface area contributed by atoms with Gasteiger partial charge in [-0.25, -0.2) is 0 Å². The van der Waals surface area contributed by atoms with Gasteiger partial charge in [0.15, 0.2) is 0 Å². The summed E-state index contributed by atoms with van der Waals surface area (Å²) in [5.74, 6) is 0. The number of benzene rings is 1. The van der Waals surface area contributed by atoms with Crippen LogP contribution in [0, 0.1) is 0 Å². The molecule has 0 bridgehead atoms. The van der Waals surface area contributed by atoms with Crippen molar-refractivity contribution in [3.8, 4) is 0 Å². The lowest BCUT2D eigenvalue weighted by Crippen LogP contribution is -2.23. The van der Waals surface area contributed by atoms with Gasteiger partial charge in [-0.3, -0.25) is 4.68 Å². The predicted octanol–water partition coefficient (Wildman–Crippen LogP) is 3.92. The second kappa shape index (κ2) is 7.41. The molecular weight excluding hydrogens is 258 g/mol. The SMILES string of the molecule is CCNC(Cc1ccn(C(C)C)n1)c1ccc(CC)cc1. The molecule has 0 radical (unpaired) electrons. The summed E-state index contributed by atoms with van der Waals surface area (Å²) in [6.07, 6.45) is 4.09. The van der Waals surface area contributed by atoms with Crippen LogP contribution < -0.4 is 5.32 Å². The Morgan fingerprint density at radius 2 is 1.81 bits per heavy atom. The Kier molecular flexibility index (Phi) is 5.57. The van der Waals surface area contributed by atoms with E-state index in [4.69, 9.17) is 0 Å². The summed E-state index contributed by atoms with van der Waals surface area (Å²) in [6.45, 7) is 9.62. The van der Waals surface area contributed by atoms with Crippen LogP contribution in [-0.2, 0) is 12.8 Å². The second-order valence-corrected chi connectivity index (χ2v) is 5.79. The van der Waals surface area contributed by atoms with Crippen molar-refractivity contribution < 1.29 is 0 Å². The highest BCUT2D eigenvalue weighted by Crippen LogP contribution is 2.19. The molecule has 21 heavy (non-hydrogen) atoms. The minimum Gasteiger partial charge on any atom is -0.310 e. The Hall–Kier alpha value is -1.61. The monoisotopic (exact) mass is 285 g/mol. The zero-order valence-electron chi connectivity index (χ0n) is 13.6. The van der Waals surface area contributed by atoms with Crippen LogP contribution >= 0.6 is 0 Å². The maximum Gasteiger partial charge on any atom is 0.0643 e. The van der Waals surface area contributed by atoms with Gasteiger partial charge < -0.3 is 5.32 Å². The average Bonchev–Trinajstić information content (AvgIpc) is 2.96. The lowest BCUT2D eigenvalue weighted by Gasteiger charge is -2.18. The first kappa shape index (κ1) is 15.8. The van der Waals surface area contributed by atoms with Gasteiger partial charge in [0.25, 0.3) is 0 Å². The first-order chi connectivity index (χ1) is 10.1. The molecule has 0 spiro atoms. The summed E-state index contributed by atoms with van der Waals surface area (Å²) in [5.41, 5.74) is 3.88. The molecule has 2 rings (SSSR count). The molecule has 0 saturated heterocycles.